The Labute approximate surface area is 94.7 Å². The molecule has 15 heavy (non-hydrogen) atoms. The second kappa shape index (κ2) is 4.88. The van der Waals surface area contributed by atoms with Crippen LogP contribution in [-0.4, -0.2) is 10.8 Å². The molecule has 2 nitrogen and oxygen atoms in total. The van der Waals surface area contributed by atoms with Crippen LogP contribution in [0.3, 0.4) is 0 Å². The number of hydrogen-bond donors (Lipinski definition) is 0. The first kappa shape index (κ1) is 10.8. The third-order valence-electron chi connectivity index (χ3n) is 3.28. The first-order valence-electron chi connectivity index (χ1n) is 5.67. The van der Waals surface area contributed by atoms with Crippen molar-refractivity contribution < 1.29 is 4.79 Å². The summed E-state index contributed by atoms with van der Waals surface area (Å²) in [4.78, 5) is 16.1. The predicted octanol–water partition coefficient (Wildman–Crippen LogP) is 3.08. The molecule has 0 amide bonds. The Morgan fingerprint density at radius 2 is 2.20 bits per heavy atom. The van der Waals surface area contributed by atoms with E-state index in [-0.39, 0.29) is 0 Å². The Morgan fingerprint density at radius 1 is 1.47 bits per heavy atom. The van der Waals surface area contributed by atoms with Crippen molar-refractivity contribution in [3.8, 4) is 0 Å². The molecule has 0 unspecified atom stereocenters. The number of nitrogens with zero attached hydrogens (tertiary/aromatic N) is 1. The van der Waals surface area contributed by atoms with Crippen molar-refractivity contribution in [2.45, 2.75) is 39.0 Å². The van der Waals surface area contributed by atoms with Gasteiger partial charge in [-0.2, -0.15) is 0 Å². The summed E-state index contributed by atoms with van der Waals surface area (Å²) >= 11 is 1.58. The number of rotatable bonds is 3. The average Bonchev–Trinajstić information content (AvgIpc) is 2.71. The predicted molar refractivity (Wildman–Crippen MR) is 61.9 cm³/mol. The fourth-order valence-corrected chi connectivity index (χ4v) is 2.84. The van der Waals surface area contributed by atoms with Crippen molar-refractivity contribution in [3.05, 3.63) is 16.6 Å². The second-order valence-electron chi connectivity index (χ2n) is 4.53. The van der Waals surface area contributed by atoms with Gasteiger partial charge in [-0.3, -0.25) is 4.79 Å². The lowest BCUT2D eigenvalue weighted by atomic mass is 9.80. The van der Waals surface area contributed by atoms with Gasteiger partial charge in [0, 0.05) is 17.5 Å². The van der Waals surface area contributed by atoms with Gasteiger partial charge < -0.3 is 0 Å². The number of carbonyl (C=O) groups excluding carboxylic acids is 1. The molecular formula is C12H17NOS. The molecule has 0 N–H and O–H groups in total. The minimum Gasteiger partial charge on any atom is -0.299 e. The van der Waals surface area contributed by atoms with Gasteiger partial charge in [-0.1, -0.05) is 19.8 Å². The van der Waals surface area contributed by atoms with E-state index in [4.69, 9.17) is 0 Å². The first-order valence-corrected chi connectivity index (χ1v) is 6.54. The maximum atomic E-state index is 11.9. The molecule has 0 spiro atoms. The molecule has 0 atom stereocenters. The molecule has 82 valence electrons. The van der Waals surface area contributed by atoms with Gasteiger partial charge in [-0.15, -0.1) is 11.3 Å². The third-order valence-corrected chi connectivity index (χ3v) is 4.06. The molecule has 0 saturated heterocycles. The average molecular weight is 223 g/mol. The van der Waals surface area contributed by atoms with Crippen LogP contribution in [0.4, 0.5) is 0 Å². The molecule has 0 aromatic carbocycles. The Balaban J connectivity index is 1.86. The van der Waals surface area contributed by atoms with E-state index in [0.29, 0.717) is 18.1 Å². The van der Waals surface area contributed by atoms with Crippen LogP contribution in [0.1, 0.15) is 37.6 Å². The summed E-state index contributed by atoms with van der Waals surface area (Å²) in [5.41, 5.74) is 0. The van der Waals surface area contributed by atoms with E-state index in [1.54, 1.807) is 17.5 Å². The van der Waals surface area contributed by atoms with Gasteiger partial charge in [0.15, 0.2) is 0 Å². The molecule has 1 saturated carbocycles. The normalized spacial score (nSPS) is 26.5. The summed E-state index contributed by atoms with van der Waals surface area (Å²) in [6.45, 7) is 2.28. The summed E-state index contributed by atoms with van der Waals surface area (Å²) in [5, 5.41) is 2.91. The Morgan fingerprint density at radius 3 is 2.80 bits per heavy atom. The summed E-state index contributed by atoms with van der Waals surface area (Å²) in [7, 11) is 0. The lowest BCUT2D eigenvalue weighted by Crippen LogP contribution is -2.22. The molecule has 3 heteroatoms. The van der Waals surface area contributed by atoms with E-state index in [0.717, 1.165) is 23.8 Å². The number of ketones is 1. The molecule has 0 radical (unpaired) electrons. The maximum Gasteiger partial charge on any atom is 0.142 e. The molecule has 1 aliphatic rings. The zero-order valence-corrected chi connectivity index (χ0v) is 9.93. The molecule has 1 fully saturated rings. The van der Waals surface area contributed by atoms with Crippen LogP contribution in [0, 0.1) is 11.8 Å². The summed E-state index contributed by atoms with van der Waals surface area (Å²) in [6, 6.07) is 0. The number of aromatic nitrogens is 1. The molecule has 1 aromatic rings. The molecule has 1 aliphatic carbocycles. The van der Waals surface area contributed by atoms with Crippen molar-refractivity contribution in [3.63, 3.8) is 0 Å². The highest BCUT2D eigenvalue weighted by molar-refractivity contribution is 7.09. The van der Waals surface area contributed by atoms with Crippen LogP contribution >= 0.6 is 11.3 Å². The summed E-state index contributed by atoms with van der Waals surface area (Å²) in [5.74, 6) is 1.52. The van der Waals surface area contributed by atoms with E-state index in [2.05, 4.69) is 11.9 Å². The van der Waals surface area contributed by atoms with E-state index in [9.17, 15) is 4.79 Å². The number of Topliss-reactive ketones (excluding diaryl/α,β-unsaturated/α-hetero) is 1. The molecule has 0 aliphatic heterocycles. The minimum absolute atomic E-state index is 0.310. The monoisotopic (exact) mass is 223 g/mol. The lowest BCUT2D eigenvalue weighted by molar-refractivity contribution is -0.123. The number of carbonyl (C=O) groups is 1. The molecule has 0 bridgehead atoms. The van der Waals surface area contributed by atoms with Gasteiger partial charge in [0.2, 0.25) is 0 Å². The smallest absolute Gasteiger partial charge is 0.142 e. The fraction of sp³-hybridized carbons (Fsp3) is 0.667. The second-order valence-corrected chi connectivity index (χ2v) is 5.50. The van der Waals surface area contributed by atoms with Gasteiger partial charge in [0.1, 0.15) is 5.78 Å². The van der Waals surface area contributed by atoms with E-state index >= 15 is 0 Å². The van der Waals surface area contributed by atoms with Crippen molar-refractivity contribution in [1.82, 2.24) is 4.98 Å². The summed E-state index contributed by atoms with van der Waals surface area (Å²) < 4.78 is 0. The number of hydrogen-bond acceptors (Lipinski definition) is 3. The van der Waals surface area contributed by atoms with Crippen molar-refractivity contribution in [1.29, 1.82) is 0 Å². The van der Waals surface area contributed by atoms with Crippen molar-refractivity contribution in [2.75, 3.05) is 0 Å². The van der Waals surface area contributed by atoms with Crippen LogP contribution in [0.25, 0.3) is 0 Å². The molecule has 1 heterocycles. The van der Waals surface area contributed by atoms with Crippen LogP contribution in [0.5, 0.6) is 0 Å². The van der Waals surface area contributed by atoms with Gasteiger partial charge in [0.25, 0.3) is 0 Å². The Hall–Kier alpha value is -0.700. The van der Waals surface area contributed by atoms with Crippen LogP contribution in [0.15, 0.2) is 11.6 Å². The largest absolute Gasteiger partial charge is 0.299 e. The van der Waals surface area contributed by atoms with Gasteiger partial charge in [0.05, 0.1) is 11.4 Å². The van der Waals surface area contributed by atoms with Gasteiger partial charge in [-0.25, -0.2) is 4.98 Å². The topological polar surface area (TPSA) is 30.0 Å². The highest BCUT2D eigenvalue weighted by Crippen LogP contribution is 2.29. The Bertz CT molecular complexity index is 312. The molecule has 2 rings (SSSR count). The molecular weight excluding hydrogens is 206 g/mol. The maximum absolute atomic E-state index is 11.9. The SMILES string of the molecule is CC1CCC(C(=O)Cc2nccs2)CC1. The number of thiazole rings is 1. The zero-order chi connectivity index (χ0) is 10.7. The van der Waals surface area contributed by atoms with E-state index in [1.165, 1.54) is 12.8 Å². The molecule has 1 aromatic heterocycles. The van der Waals surface area contributed by atoms with E-state index < -0.39 is 0 Å². The minimum atomic E-state index is 0.310. The Kier molecular flexibility index (Phi) is 3.52. The van der Waals surface area contributed by atoms with Crippen LogP contribution in [0.2, 0.25) is 0 Å². The summed E-state index contributed by atoms with van der Waals surface area (Å²) in [6.07, 6.45) is 6.94. The first-order chi connectivity index (χ1) is 7.25. The van der Waals surface area contributed by atoms with Crippen LogP contribution in [-0.2, 0) is 11.2 Å². The van der Waals surface area contributed by atoms with Crippen molar-refractivity contribution >= 4 is 17.1 Å². The van der Waals surface area contributed by atoms with E-state index in [1.807, 2.05) is 5.38 Å². The quantitative estimate of drug-likeness (QED) is 0.788. The zero-order valence-electron chi connectivity index (χ0n) is 9.11. The highest BCUT2D eigenvalue weighted by atomic mass is 32.1. The fourth-order valence-electron chi connectivity index (χ4n) is 2.22. The lowest BCUT2D eigenvalue weighted by Gasteiger charge is -2.24. The van der Waals surface area contributed by atoms with Crippen LogP contribution < -0.4 is 0 Å². The highest BCUT2D eigenvalue weighted by Gasteiger charge is 2.24. The standard InChI is InChI=1S/C12H17NOS/c1-9-2-4-10(5-3-9)11(14)8-12-13-6-7-15-12/h6-7,9-10H,2-5,8H2,1H3. The van der Waals surface area contributed by atoms with Crippen molar-refractivity contribution in [2.24, 2.45) is 11.8 Å². The van der Waals surface area contributed by atoms with Gasteiger partial charge >= 0.3 is 0 Å². The third kappa shape index (κ3) is 2.88. The van der Waals surface area contributed by atoms with Gasteiger partial charge in [-0.05, 0) is 18.8 Å².